The van der Waals surface area contributed by atoms with Gasteiger partial charge in [-0.25, -0.2) is 18.0 Å². The zero-order valence-corrected chi connectivity index (χ0v) is 13.7. The Balaban J connectivity index is 1.73. The molecular formula is C19H12F3N3O2. The number of hydrogen-bond donors (Lipinski definition) is 1. The van der Waals surface area contributed by atoms with E-state index in [0.717, 1.165) is 24.4 Å². The first kappa shape index (κ1) is 17.0. The fourth-order valence-electron chi connectivity index (χ4n) is 3.03. The topological polar surface area (TPSA) is 64.1 Å². The predicted octanol–water partition coefficient (Wildman–Crippen LogP) is 4.08. The van der Waals surface area contributed by atoms with Crippen LogP contribution in [-0.2, 0) is 4.74 Å². The Labute approximate surface area is 151 Å². The Kier molecular flexibility index (Phi) is 4.23. The van der Waals surface area contributed by atoms with Gasteiger partial charge in [0.05, 0.1) is 6.20 Å². The average Bonchev–Trinajstić information content (AvgIpc) is 3.03. The lowest BCUT2D eigenvalue weighted by Crippen LogP contribution is -2.20. The molecule has 2 atom stereocenters. The third kappa shape index (κ3) is 3.46. The SMILES string of the molecule is O=C1N[C@H](c2cncc(-c3cncc(F)c3)c2)[C@@H](c2cc(F)cc(F)c2)O1. The summed E-state index contributed by atoms with van der Waals surface area (Å²) in [6.07, 6.45) is 3.93. The molecule has 1 aliphatic heterocycles. The monoisotopic (exact) mass is 371 g/mol. The van der Waals surface area contributed by atoms with Crippen molar-refractivity contribution in [3.05, 3.63) is 83.7 Å². The summed E-state index contributed by atoms with van der Waals surface area (Å²) in [5.74, 6) is -2.04. The number of nitrogens with zero attached hydrogens (tertiary/aromatic N) is 2. The number of benzene rings is 1. The number of alkyl carbamates (subject to hydrolysis) is 1. The van der Waals surface area contributed by atoms with Crippen molar-refractivity contribution in [2.45, 2.75) is 12.1 Å². The van der Waals surface area contributed by atoms with E-state index in [4.69, 9.17) is 4.74 Å². The molecule has 2 aromatic heterocycles. The number of cyclic esters (lactones) is 1. The fraction of sp³-hybridized carbons (Fsp3) is 0.105. The van der Waals surface area contributed by atoms with Crippen LogP contribution in [0.5, 0.6) is 0 Å². The van der Waals surface area contributed by atoms with E-state index in [9.17, 15) is 18.0 Å². The minimum Gasteiger partial charge on any atom is -0.439 e. The fourth-order valence-corrected chi connectivity index (χ4v) is 3.03. The van der Waals surface area contributed by atoms with Crippen LogP contribution in [0.1, 0.15) is 23.3 Å². The van der Waals surface area contributed by atoms with Gasteiger partial charge in [-0.1, -0.05) is 0 Å². The molecule has 1 fully saturated rings. The lowest BCUT2D eigenvalue weighted by Gasteiger charge is -2.18. The quantitative estimate of drug-likeness (QED) is 0.753. The molecule has 1 N–H and O–H groups in total. The summed E-state index contributed by atoms with van der Waals surface area (Å²) in [6, 6.07) is 5.22. The molecule has 3 heterocycles. The number of aromatic nitrogens is 2. The molecule has 0 saturated carbocycles. The predicted molar refractivity (Wildman–Crippen MR) is 88.9 cm³/mol. The summed E-state index contributed by atoms with van der Waals surface area (Å²) in [7, 11) is 0. The minimum atomic E-state index is -0.939. The van der Waals surface area contributed by atoms with Crippen LogP contribution in [0.4, 0.5) is 18.0 Å². The van der Waals surface area contributed by atoms with Crippen molar-refractivity contribution in [2.24, 2.45) is 0 Å². The minimum absolute atomic E-state index is 0.175. The van der Waals surface area contributed by atoms with Gasteiger partial charge in [0.25, 0.3) is 0 Å². The molecule has 0 aliphatic carbocycles. The van der Waals surface area contributed by atoms with E-state index in [1.54, 1.807) is 6.07 Å². The first-order chi connectivity index (χ1) is 13.0. The highest BCUT2D eigenvalue weighted by Gasteiger charge is 2.37. The van der Waals surface area contributed by atoms with Gasteiger partial charge in [0.15, 0.2) is 6.10 Å². The highest BCUT2D eigenvalue weighted by molar-refractivity contribution is 5.71. The van der Waals surface area contributed by atoms with Crippen LogP contribution in [0.2, 0.25) is 0 Å². The van der Waals surface area contributed by atoms with E-state index in [1.165, 1.54) is 24.7 Å². The molecule has 0 unspecified atom stereocenters. The van der Waals surface area contributed by atoms with Crippen molar-refractivity contribution < 1.29 is 22.7 Å². The van der Waals surface area contributed by atoms with Gasteiger partial charge in [-0.15, -0.1) is 0 Å². The molecule has 0 radical (unpaired) electrons. The lowest BCUT2D eigenvalue weighted by molar-refractivity contribution is 0.132. The highest BCUT2D eigenvalue weighted by Crippen LogP contribution is 2.37. The van der Waals surface area contributed by atoms with Gasteiger partial charge in [-0.05, 0) is 29.8 Å². The van der Waals surface area contributed by atoms with Crippen molar-refractivity contribution in [2.75, 3.05) is 0 Å². The van der Waals surface area contributed by atoms with Gasteiger partial charge in [0.1, 0.15) is 23.5 Å². The summed E-state index contributed by atoms with van der Waals surface area (Å²) in [4.78, 5) is 19.7. The van der Waals surface area contributed by atoms with Gasteiger partial charge < -0.3 is 10.1 Å². The summed E-state index contributed by atoms with van der Waals surface area (Å²) >= 11 is 0. The van der Waals surface area contributed by atoms with E-state index >= 15 is 0 Å². The molecule has 1 aromatic carbocycles. The Morgan fingerprint density at radius 1 is 0.778 bits per heavy atom. The van der Waals surface area contributed by atoms with Crippen LogP contribution >= 0.6 is 0 Å². The number of amides is 1. The van der Waals surface area contributed by atoms with Crippen LogP contribution in [0, 0.1) is 17.5 Å². The second-order valence-electron chi connectivity index (χ2n) is 6.05. The second kappa shape index (κ2) is 6.71. The Morgan fingerprint density at radius 3 is 2.15 bits per heavy atom. The maximum atomic E-state index is 13.6. The number of pyridine rings is 2. The highest BCUT2D eigenvalue weighted by atomic mass is 19.1. The van der Waals surface area contributed by atoms with E-state index in [2.05, 4.69) is 15.3 Å². The number of halogens is 3. The standard InChI is InChI=1S/C19H12F3N3O2/c20-14-2-10(3-15(21)5-14)18-17(25-19(26)27-18)13-1-11(6-23-8-13)12-4-16(22)9-24-7-12/h1-9,17-18H,(H,25,26)/t17-,18-/m1/s1. The number of carbonyl (C=O) groups excluding carboxylic acids is 1. The number of hydrogen-bond acceptors (Lipinski definition) is 4. The van der Waals surface area contributed by atoms with Crippen LogP contribution in [-0.4, -0.2) is 16.1 Å². The summed E-state index contributed by atoms with van der Waals surface area (Å²) in [6.45, 7) is 0. The third-order valence-electron chi connectivity index (χ3n) is 4.18. The van der Waals surface area contributed by atoms with Crippen molar-refractivity contribution in [3.8, 4) is 11.1 Å². The van der Waals surface area contributed by atoms with Crippen molar-refractivity contribution in [3.63, 3.8) is 0 Å². The van der Waals surface area contributed by atoms with Crippen LogP contribution in [0.3, 0.4) is 0 Å². The molecule has 4 rings (SSSR count). The first-order valence-electron chi connectivity index (χ1n) is 7.98. The Morgan fingerprint density at radius 2 is 1.44 bits per heavy atom. The number of ether oxygens (including phenoxy) is 1. The Hall–Kier alpha value is -3.42. The number of carbonyl (C=O) groups is 1. The first-order valence-corrected chi connectivity index (χ1v) is 7.98. The summed E-state index contributed by atoms with van der Waals surface area (Å²) in [5.41, 5.74) is 1.79. The maximum Gasteiger partial charge on any atom is 0.408 e. The molecule has 0 spiro atoms. The summed E-state index contributed by atoms with van der Waals surface area (Å²) in [5, 5.41) is 2.61. The molecule has 1 aliphatic rings. The zero-order valence-electron chi connectivity index (χ0n) is 13.7. The lowest BCUT2D eigenvalue weighted by atomic mass is 9.95. The molecule has 3 aromatic rings. The molecular weight excluding hydrogens is 359 g/mol. The molecule has 27 heavy (non-hydrogen) atoms. The van der Waals surface area contributed by atoms with E-state index in [1.807, 2.05) is 0 Å². The van der Waals surface area contributed by atoms with E-state index in [0.29, 0.717) is 16.7 Å². The molecule has 8 heteroatoms. The Bertz CT molecular complexity index is 1010. The van der Waals surface area contributed by atoms with E-state index in [-0.39, 0.29) is 5.56 Å². The van der Waals surface area contributed by atoms with Gasteiger partial charge in [0, 0.05) is 41.3 Å². The second-order valence-corrected chi connectivity index (χ2v) is 6.05. The number of rotatable bonds is 3. The van der Waals surface area contributed by atoms with Crippen LogP contribution in [0.25, 0.3) is 11.1 Å². The average molecular weight is 371 g/mol. The van der Waals surface area contributed by atoms with Gasteiger partial charge in [-0.2, -0.15) is 0 Å². The normalized spacial score (nSPS) is 18.9. The maximum absolute atomic E-state index is 13.6. The van der Waals surface area contributed by atoms with Crippen LogP contribution in [0.15, 0.2) is 55.1 Å². The molecule has 1 amide bonds. The number of nitrogens with one attached hydrogen (secondary N) is 1. The molecule has 0 bridgehead atoms. The van der Waals surface area contributed by atoms with Crippen molar-refractivity contribution in [1.29, 1.82) is 0 Å². The van der Waals surface area contributed by atoms with E-state index < -0.39 is 35.7 Å². The smallest absolute Gasteiger partial charge is 0.408 e. The van der Waals surface area contributed by atoms with Gasteiger partial charge in [0.2, 0.25) is 0 Å². The largest absolute Gasteiger partial charge is 0.439 e. The van der Waals surface area contributed by atoms with Crippen molar-refractivity contribution >= 4 is 6.09 Å². The van der Waals surface area contributed by atoms with Gasteiger partial charge in [-0.3, -0.25) is 9.97 Å². The van der Waals surface area contributed by atoms with Crippen LogP contribution < -0.4 is 5.32 Å². The third-order valence-corrected chi connectivity index (χ3v) is 4.18. The summed E-state index contributed by atoms with van der Waals surface area (Å²) < 4.78 is 45.8. The molecule has 5 nitrogen and oxygen atoms in total. The molecule has 136 valence electrons. The molecule has 1 saturated heterocycles. The van der Waals surface area contributed by atoms with Gasteiger partial charge >= 0.3 is 6.09 Å². The van der Waals surface area contributed by atoms with Crippen molar-refractivity contribution in [1.82, 2.24) is 15.3 Å². The zero-order chi connectivity index (χ0) is 19.0.